The average Bonchev–Trinajstić information content (AvgIpc) is 2.55. The molecule has 0 saturated heterocycles. The summed E-state index contributed by atoms with van der Waals surface area (Å²) in [6.07, 6.45) is 2.14. The molecule has 3 rings (SSSR count). The predicted molar refractivity (Wildman–Crippen MR) is 94.7 cm³/mol. The zero-order chi connectivity index (χ0) is 17.1. The highest BCUT2D eigenvalue weighted by Gasteiger charge is 2.20. The Morgan fingerprint density at radius 1 is 1.25 bits per heavy atom. The number of hydrogen-bond donors (Lipinski definition) is 1. The first-order valence-corrected chi connectivity index (χ1v) is 8.42. The van der Waals surface area contributed by atoms with Crippen LogP contribution in [0.3, 0.4) is 0 Å². The second kappa shape index (κ2) is 7.04. The van der Waals surface area contributed by atoms with Gasteiger partial charge in [-0.1, -0.05) is 29.8 Å². The second-order valence-corrected chi connectivity index (χ2v) is 6.50. The molecule has 4 heteroatoms. The van der Waals surface area contributed by atoms with Gasteiger partial charge in [-0.15, -0.1) is 0 Å². The highest BCUT2D eigenvalue weighted by Crippen LogP contribution is 2.27. The first-order chi connectivity index (χ1) is 11.5. The fourth-order valence-corrected chi connectivity index (χ4v) is 3.26. The molecule has 2 aromatic carbocycles. The predicted octanol–water partition coefficient (Wildman–Crippen LogP) is 3.76. The zero-order valence-electron chi connectivity index (χ0n) is 14.2. The summed E-state index contributed by atoms with van der Waals surface area (Å²) >= 11 is 0. The van der Waals surface area contributed by atoms with Crippen LogP contribution in [0.25, 0.3) is 0 Å². The molecule has 0 aromatic heterocycles. The highest BCUT2D eigenvalue weighted by molar-refractivity contribution is 5.82. The van der Waals surface area contributed by atoms with Crippen LogP contribution in [-0.2, 0) is 11.2 Å². The third kappa shape index (κ3) is 3.75. The minimum atomic E-state index is -0.266. The van der Waals surface area contributed by atoms with Crippen LogP contribution in [0.2, 0.25) is 0 Å². The van der Waals surface area contributed by atoms with Crippen molar-refractivity contribution in [2.75, 3.05) is 18.0 Å². The van der Waals surface area contributed by atoms with Gasteiger partial charge in [-0.2, -0.15) is 0 Å². The molecule has 0 fully saturated rings. The van der Waals surface area contributed by atoms with Crippen LogP contribution in [0.15, 0.2) is 42.5 Å². The summed E-state index contributed by atoms with van der Waals surface area (Å²) in [6.45, 7) is 5.25. The summed E-state index contributed by atoms with van der Waals surface area (Å²) in [5.74, 6) is -0.280. The van der Waals surface area contributed by atoms with E-state index in [2.05, 4.69) is 35.3 Å². The van der Waals surface area contributed by atoms with E-state index in [1.54, 1.807) is 12.1 Å². The van der Waals surface area contributed by atoms with Gasteiger partial charge in [0.25, 0.3) is 0 Å². The molecule has 1 aliphatic rings. The largest absolute Gasteiger partial charge is 0.362 e. The van der Waals surface area contributed by atoms with E-state index in [1.165, 1.54) is 23.3 Å². The van der Waals surface area contributed by atoms with Gasteiger partial charge in [0.1, 0.15) is 5.82 Å². The molecule has 1 aliphatic heterocycles. The number of amides is 1. The van der Waals surface area contributed by atoms with Crippen LogP contribution in [0.4, 0.5) is 10.1 Å². The van der Waals surface area contributed by atoms with Gasteiger partial charge in [-0.25, -0.2) is 4.39 Å². The summed E-state index contributed by atoms with van der Waals surface area (Å²) in [7, 11) is 0. The summed E-state index contributed by atoms with van der Waals surface area (Å²) in [5, 5.41) is 3.00. The number of carbonyl (C=O) groups is 1. The van der Waals surface area contributed by atoms with Gasteiger partial charge in [0, 0.05) is 12.2 Å². The lowest BCUT2D eigenvalue weighted by Gasteiger charge is -2.31. The van der Waals surface area contributed by atoms with E-state index in [0.29, 0.717) is 6.54 Å². The number of aryl methyl sites for hydroxylation is 2. The number of halogens is 1. The fraction of sp³-hybridized carbons (Fsp3) is 0.350. The maximum Gasteiger partial charge on any atom is 0.239 e. The number of nitrogens with zero attached hydrogens (tertiary/aromatic N) is 1. The van der Waals surface area contributed by atoms with E-state index in [1.807, 2.05) is 6.92 Å². The molecule has 2 aromatic rings. The third-order valence-electron chi connectivity index (χ3n) is 4.53. The minimum Gasteiger partial charge on any atom is -0.362 e. The zero-order valence-corrected chi connectivity index (χ0v) is 14.2. The third-order valence-corrected chi connectivity index (χ3v) is 4.53. The smallest absolute Gasteiger partial charge is 0.239 e. The van der Waals surface area contributed by atoms with Gasteiger partial charge in [0.05, 0.1) is 12.6 Å². The number of benzene rings is 2. The molecule has 1 atom stereocenters. The lowest BCUT2D eigenvalue weighted by molar-refractivity contribution is -0.120. The van der Waals surface area contributed by atoms with Crippen molar-refractivity contribution in [1.82, 2.24) is 5.32 Å². The molecule has 0 radical (unpaired) electrons. The van der Waals surface area contributed by atoms with Crippen LogP contribution in [0, 0.1) is 12.7 Å². The Morgan fingerprint density at radius 3 is 2.75 bits per heavy atom. The van der Waals surface area contributed by atoms with Crippen molar-refractivity contribution in [3.05, 3.63) is 65.0 Å². The van der Waals surface area contributed by atoms with Gasteiger partial charge in [0.15, 0.2) is 0 Å². The maximum absolute atomic E-state index is 13.0. The molecule has 0 bridgehead atoms. The van der Waals surface area contributed by atoms with Gasteiger partial charge >= 0.3 is 0 Å². The molecule has 126 valence electrons. The van der Waals surface area contributed by atoms with Crippen LogP contribution >= 0.6 is 0 Å². The SMILES string of the molecule is Cc1ccc2c(c1)CCCN2CC(=O)NC(C)c1ccc(F)cc1. The summed E-state index contributed by atoms with van der Waals surface area (Å²) in [4.78, 5) is 14.6. The lowest BCUT2D eigenvalue weighted by atomic mass is 9.99. The van der Waals surface area contributed by atoms with Crippen LogP contribution in [0.1, 0.15) is 36.1 Å². The molecule has 24 heavy (non-hydrogen) atoms. The molecular weight excluding hydrogens is 303 g/mol. The Bertz CT molecular complexity index is 727. The van der Waals surface area contributed by atoms with Gasteiger partial charge in [-0.3, -0.25) is 4.79 Å². The minimum absolute atomic E-state index is 0.0137. The van der Waals surface area contributed by atoms with Crippen LogP contribution < -0.4 is 10.2 Å². The monoisotopic (exact) mass is 326 g/mol. The highest BCUT2D eigenvalue weighted by atomic mass is 19.1. The van der Waals surface area contributed by atoms with Gasteiger partial charge < -0.3 is 10.2 Å². The maximum atomic E-state index is 13.0. The van der Waals surface area contributed by atoms with Crippen molar-refractivity contribution in [2.24, 2.45) is 0 Å². The Morgan fingerprint density at radius 2 is 2.00 bits per heavy atom. The molecule has 1 heterocycles. The Kier molecular flexibility index (Phi) is 4.84. The second-order valence-electron chi connectivity index (χ2n) is 6.50. The van der Waals surface area contributed by atoms with E-state index in [-0.39, 0.29) is 17.8 Å². The van der Waals surface area contributed by atoms with Crippen molar-refractivity contribution >= 4 is 11.6 Å². The summed E-state index contributed by atoms with van der Waals surface area (Å²) < 4.78 is 13.0. The van der Waals surface area contributed by atoms with E-state index in [0.717, 1.165) is 30.6 Å². The number of hydrogen-bond acceptors (Lipinski definition) is 2. The number of fused-ring (bicyclic) bond motifs is 1. The first-order valence-electron chi connectivity index (χ1n) is 8.42. The number of rotatable bonds is 4. The molecule has 0 spiro atoms. The number of carbonyl (C=O) groups excluding carboxylic acids is 1. The summed E-state index contributed by atoms with van der Waals surface area (Å²) in [5.41, 5.74) is 4.64. The Hall–Kier alpha value is -2.36. The lowest BCUT2D eigenvalue weighted by Crippen LogP contribution is -2.40. The van der Waals surface area contributed by atoms with E-state index in [4.69, 9.17) is 0 Å². The van der Waals surface area contributed by atoms with Crippen molar-refractivity contribution in [1.29, 1.82) is 0 Å². The first kappa shape index (κ1) is 16.5. The van der Waals surface area contributed by atoms with Crippen molar-refractivity contribution in [2.45, 2.75) is 32.7 Å². The Labute approximate surface area is 142 Å². The number of anilines is 1. The molecule has 0 aliphatic carbocycles. The number of nitrogens with one attached hydrogen (secondary N) is 1. The molecule has 3 nitrogen and oxygen atoms in total. The van der Waals surface area contributed by atoms with Crippen molar-refractivity contribution in [3.8, 4) is 0 Å². The average molecular weight is 326 g/mol. The standard InChI is InChI=1S/C20H23FN2O/c1-14-5-10-19-17(12-14)4-3-11-23(19)13-20(24)22-15(2)16-6-8-18(21)9-7-16/h5-10,12,15H,3-4,11,13H2,1-2H3,(H,22,24). The molecule has 1 N–H and O–H groups in total. The summed E-state index contributed by atoms with van der Waals surface area (Å²) in [6, 6.07) is 12.5. The van der Waals surface area contributed by atoms with Gasteiger partial charge in [0.2, 0.25) is 5.91 Å². The van der Waals surface area contributed by atoms with Crippen LogP contribution in [0.5, 0.6) is 0 Å². The van der Waals surface area contributed by atoms with Gasteiger partial charge in [-0.05, 0) is 56.0 Å². The Balaban J connectivity index is 1.64. The van der Waals surface area contributed by atoms with E-state index in [9.17, 15) is 9.18 Å². The fourth-order valence-electron chi connectivity index (χ4n) is 3.26. The quantitative estimate of drug-likeness (QED) is 0.928. The van der Waals surface area contributed by atoms with E-state index < -0.39 is 0 Å². The van der Waals surface area contributed by atoms with Crippen LogP contribution in [-0.4, -0.2) is 19.0 Å². The molecule has 1 unspecified atom stereocenters. The normalized spacial score (nSPS) is 14.9. The topological polar surface area (TPSA) is 32.3 Å². The molecular formula is C20H23FN2O. The van der Waals surface area contributed by atoms with E-state index >= 15 is 0 Å². The van der Waals surface area contributed by atoms with Crippen molar-refractivity contribution in [3.63, 3.8) is 0 Å². The molecule has 1 amide bonds. The van der Waals surface area contributed by atoms with Crippen molar-refractivity contribution < 1.29 is 9.18 Å². The molecule has 0 saturated carbocycles.